The molecule has 1 aromatic heterocycles. The molecule has 0 aliphatic carbocycles. The third-order valence-electron chi connectivity index (χ3n) is 2.68. The minimum absolute atomic E-state index is 0.207. The maximum Gasteiger partial charge on any atom is 0.272 e. The van der Waals surface area contributed by atoms with Gasteiger partial charge >= 0.3 is 0 Å². The van der Waals surface area contributed by atoms with Crippen molar-refractivity contribution >= 4 is 11.6 Å². The lowest BCUT2D eigenvalue weighted by Crippen LogP contribution is -2.18. The van der Waals surface area contributed by atoms with Crippen LogP contribution in [0.2, 0.25) is 0 Å². The van der Waals surface area contributed by atoms with E-state index in [1.165, 1.54) is 12.1 Å². The van der Waals surface area contributed by atoms with E-state index in [1.54, 1.807) is 12.1 Å². The molecule has 2 aromatic rings. The number of aryl methyl sites for hydroxylation is 1. The first-order chi connectivity index (χ1) is 10.1. The lowest BCUT2D eigenvalue weighted by molar-refractivity contribution is 0.102. The molecule has 5 heteroatoms. The lowest BCUT2D eigenvalue weighted by atomic mass is 10.1. The summed E-state index contributed by atoms with van der Waals surface area (Å²) >= 11 is 0. The van der Waals surface area contributed by atoms with Crippen LogP contribution in [0.5, 0.6) is 0 Å². The van der Waals surface area contributed by atoms with Gasteiger partial charge in [0.25, 0.3) is 5.91 Å². The molecule has 5 nitrogen and oxygen atoms in total. The van der Waals surface area contributed by atoms with Crippen LogP contribution in [0.1, 0.15) is 21.6 Å². The lowest BCUT2D eigenvalue weighted by Gasteiger charge is -2.07. The molecule has 106 valence electrons. The molecule has 0 aliphatic heterocycles. The normalized spacial score (nSPS) is 9.62. The summed E-state index contributed by atoms with van der Waals surface area (Å²) in [7, 11) is 0. The van der Waals surface area contributed by atoms with E-state index in [9.17, 15) is 9.59 Å². The van der Waals surface area contributed by atoms with Gasteiger partial charge in [0, 0.05) is 17.3 Å². The van der Waals surface area contributed by atoms with Crippen molar-refractivity contribution in [3.8, 4) is 11.8 Å². The molecule has 1 amide bonds. The molecule has 0 fully saturated rings. The Balaban J connectivity index is 2.25. The van der Waals surface area contributed by atoms with Gasteiger partial charge in [0.1, 0.15) is 5.69 Å². The van der Waals surface area contributed by atoms with Crippen LogP contribution < -0.4 is 16.6 Å². The van der Waals surface area contributed by atoms with Gasteiger partial charge in [-0.3, -0.25) is 9.59 Å². The van der Waals surface area contributed by atoms with Gasteiger partial charge in [-0.25, -0.2) is 0 Å². The van der Waals surface area contributed by atoms with Gasteiger partial charge < -0.3 is 16.0 Å². The number of pyridine rings is 1. The van der Waals surface area contributed by atoms with Crippen molar-refractivity contribution < 1.29 is 4.79 Å². The Morgan fingerprint density at radius 2 is 2.14 bits per heavy atom. The number of carbonyl (C=O) groups is 1. The number of benzene rings is 1. The van der Waals surface area contributed by atoms with Crippen molar-refractivity contribution in [3.63, 3.8) is 0 Å². The third kappa shape index (κ3) is 4.06. The minimum atomic E-state index is -0.379. The molecular formula is C16H15N3O2. The second-order valence-electron chi connectivity index (χ2n) is 4.48. The molecule has 1 heterocycles. The average Bonchev–Trinajstić information content (AvgIpc) is 2.44. The van der Waals surface area contributed by atoms with Crippen molar-refractivity contribution in [2.75, 3.05) is 11.9 Å². The Labute approximate surface area is 122 Å². The van der Waals surface area contributed by atoms with Crippen LogP contribution >= 0.6 is 0 Å². The first-order valence-electron chi connectivity index (χ1n) is 6.40. The largest absolute Gasteiger partial charge is 0.321 e. The Bertz CT molecular complexity index is 782. The van der Waals surface area contributed by atoms with Gasteiger partial charge in [-0.15, -0.1) is 0 Å². The summed E-state index contributed by atoms with van der Waals surface area (Å²) in [6.07, 6.45) is 0. The van der Waals surface area contributed by atoms with E-state index in [0.29, 0.717) is 5.69 Å². The zero-order chi connectivity index (χ0) is 15.2. The highest BCUT2D eigenvalue weighted by molar-refractivity contribution is 6.02. The van der Waals surface area contributed by atoms with Gasteiger partial charge in [-0.05, 0) is 36.8 Å². The molecule has 0 bridgehead atoms. The molecule has 1 aromatic carbocycles. The highest BCUT2D eigenvalue weighted by atomic mass is 16.2. The Morgan fingerprint density at radius 3 is 2.86 bits per heavy atom. The van der Waals surface area contributed by atoms with Crippen LogP contribution in [-0.2, 0) is 0 Å². The van der Waals surface area contributed by atoms with Crippen LogP contribution in [0.15, 0.2) is 41.2 Å². The standard InChI is InChI=1S/C16H15N3O2/c1-11-8-12(4-3-7-17)10-13(9-11)18-16(21)14-5-2-6-15(20)19-14/h2,5-6,8-10H,7,17H2,1H3,(H,18,21)(H,19,20). The number of aromatic amines is 1. The first-order valence-corrected chi connectivity index (χ1v) is 6.40. The van der Waals surface area contributed by atoms with Gasteiger partial charge in [0.2, 0.25) is 5.56 Å². The van der Waals surface area contributed by atoms with E-state index in [-0.39, 0.29) is 23.7 Å². The smallest absolute Gasteiger partial charge is 0.272 e. The SMILES string of the molecule is Cc1cc(C#CCN)cc(NC(=O)c2cccc(=O)[nH]2)c1. The molecule has 0 radical (unpaired) electrons. The predicted octanol–water partition coefficient (Wildman–Crippen LogP) is 1.25. The Kier molecular flexibility index (Phi) is 4.54. The van der Waals surface area contributed by atoms with E-state index in [4.69, 9.17) is 5.73 Å². The second-order valence-corrected chi connectivity index (χ2v) is 4.48. The highest BCUT2D eigenvalue weighted by Gasteiger charge is 2.07. The zero-order valence-electron chi connectivity index (χ0n) is 11.6. The fourth-order valence-electron chi connectivity index (χ4n) is 1.86. The zero-order valence-corrected chi connectivity index (χ0v) is 11.6. The summed E-state index contributed by atoms with van der Waals surface area (Å²) in [4.78, 5) is 25.8. The Hall–Kier alpha value is -2.84. The van der Waals surface area contributed by atoms with Crippen LogP contribution in [0.3, 0.4) is 0 Å². The number of hydrogen-bond donors (Lipinski definition) is 3. The molecule has 0 saturated heterocycles. The van der Waals surface area contributed by atoms with Gasteiger partial charge in [0.15, 0.2) is 0 Å². The van der Waals surface area contributed by atoms with Crippen molar-refractivity contribution in [3.05, 3.63) is 63.6 Å². The number of nitrogens with two attached hydrogens (primary N) is 1. The van der Waals surface area contributed by atoms with Crippen molar-refractivity contribution in [1.29, 1.82) is 0 Å². The second kappa shape index (κ2) is 6.55. The van der Waals surface area contributed by atoms with Gasteiger partial charge in [-0.2, -0.15) is 0 Å². The van der Waals surface area contributed by atoms with Crippen LogP contribution in [0, 0.1) is 18.8 Å². The number of H-pyrrole nitrogens is 1. The molecule has 0 aliphatic rings. The molecule has 4 N–H and O–H groups in total. The Morgan fingerprint density at radius 1 is 1.33 bits per heavy atom. The fourth-order valence-corrected chi connectivity index (χ4v) is 1.86. The predicted molar refractivity (Wildman–Crippen MR) is 82.1 cm³/mol. The molecule has 0 saturated carbocycles. The average molecular weight is 281 g/mol. The summed E-state index contributed by atoms with van der Waals surface area (Å²) in [5.41, 5.74) is 7.60. The van der Waals surface area contributed by atoms with Crippen LogP contribution in [0.4, 0.5) is 5.69 Å². The molecule has 0 atom stereocenters. The molecule has 0 spiro atoms. The molecule has 0 unspecified atom stereocenters. The van der Waals surface area contributed by atoms with Crippen molar-refractivity contribution in [1.82, 2.24) is 4.98 Å². The summed E-state index contributed by atoms with van der Waals surface area (Å²) in [6.45, 7) is 2.19. The fraction of sp³-hybridized carbons (Fsp3) is 0.125. The minimum Gasteiger partial charge on any atom is -0.321 e. The number of amides is 1. The van der Waals surface area contributed by atoms with Crippen LogP contribution in [0.25, 0.3) is 0 Å². The summed E-state index contributed by atoms with van der Waals surface area (Å²) < 4.78 is 0. The quantitative estimate of drug-likeness (QED) is 0.724. The molecule has 2 rings (SSSR count). The monoisotopic (exact) mass is 281 g/mol. The number of rotatable bonds is 2. The van der Waals surface area contributed by atoms with E-state index in [2.05, 4.69) is 22.1 Å². The van der Waals surface area contributed by atoms with Gasteiger partial charge in [0.05, 0.1) is 6.54 Å². The van der Waals surface area contributed by atoms with E-state index in [1.807, 2.05) is 19.1 Å². The van der Waals surface area contributed by atoms with E-state index < -0.39 is 0 Å². The van der Waals surface area contributed by atoms with E-state index >= 15 is 0 Å². The maximum absolute atomic E-state index is 12.1. The van der Waals surface area contributed by atoms with Crippen LogP contribution in [-0.4, -0.2) is 17.4 Å². The molecular weight excluding hydrogens is 266 g/mol. The highest BCUT2D eigenvalue weighted by Crippen LogP contribution is 2.14. The van der Waals surface area contributed by atoms with Gasteiger partial charge in [-0.1, -0.05) is 17.9 Å². The van der Waals surface area contributed by atoms with Crippen molar-refractivity contribution in [2.45, 2.75) is 6.92 Å². The number of aromatic nitrogens is 1. The summed E-state index contributed by atoms with van der Waals surface area (Å²) in [5.74, 6) is 5.31. The summed E-state index contributed by atoms with van der Waals surface area (Å²) in [5, 5.41) is 2.73. The third-order valence-corrected chi connectivity index (χ3v) is 2.68. The summed E-state index contributed by atoms with van der Waals surface area (Å²) in [6, 6.07) is 9.91. The topological polar surface area (TPSA) is 88.0 Å². The van der Waals surface area contributed by atoms with E-state index in [0.717, 1.165) is 11.1 Å². The van der Waals surface area contributed by atoms with Crippen molar-refractivity contribution in [2.24, 2.45) is 5.73 Å². The first kappa shape index (κ1) is 14.6. The number of anilines is 1. The number of nitrogens with one attached hydrogen (secondary N) is 2. The number of hydrogen-bond acceptors (Lipinski definition) is 3. The maximum atomic E-state index is 12.1. The number of carbonyl (C=O) groups excluding carboxylic acids is 1. The molecule has 21 heavy (non-hydrogen) atoms.